The molecule has 0 heterocycles. The molecule has 0 aliphatic rings. The summed E-state index contributed by atoms with van der Waals surface area (Å²) in [5.41, 5.74) is 1.42. The zero-order valence-corrected chi connectivity index (χ0v) is 17.4. The van der Waals surface area contributed by atoms with Crippen molar-refractivity contribution in [3.63, 3.8) is 0 Å². The Balaban J connectivity index is 2.55. The van der Waals surface area contributed by atoms with E-state index in [0.29, 0.717) is 29.2 Å². The smallest absolute Gasteiger partial charge is 0.203 e. The first-order valence-corrected chi connectivity index (χ1v) is 9.08. The van der Waals surface area contributed by atoms with Crippen molar-refractivity contribution >= 4 is 5.96 Å². The molecule has 0 saturated carbocycles. The summed E-state index contributed by atoms with van der Waals surface area (Å²) in [7, 11) is 6.61. The highest BCUT2D eigenvalue weighted by molar-refractivity contribution is 5.79. The maximum absolute atomic E-state index is 5.39. The lowest BCUT2D eigenvalue weighted by molar-refractivity contribution is 0.323. The van der Waals surface area contributed by atoms with Crippen LogP contribution in [0.1, 0.15) is 45.6 Å². The van der Waals surface area contributed by atoms with Crippen LogP contribution in [-0.2, 0) is 6.54 Å². The molecule has 6 nitrogen and oxygen atoms in total. The summed E-state index contributed by atoms with van der Waals surface area (Å²) in [4.78, 5) is 4.28. The van der Waals surface area contributed by atoms with E-state index >= 15 is 0 Å². The Labute approximate surface area is 158 Å². The van der Waals surface area contributed by atoms with Crippen LogP contribution in [0.5, 0.6) is 17.2 Å². The topological polar surface area (TPSA) is 64.1 Å². The van der Waals surface area contributed by atoms with Crippen molar-refractivity contribution in [1.29, 1.82) is 0 Å². The van der Waals surface area contributed by atoms with Crippen molar-refractivity contribution < 1.29 is 14.2 Å². The van der Waals surface area contributed by atoms with Crippen LogP contribution in [0.2, 0.25) is 0 Å². The number of methoxy groups -OCH3 is 3. The molecule has 0 aliphatic heterocycles. The maximum atomic E-state index is 5.39. The Hall–Kier alpha value is -2.11. The van der Waals surface area contributed by atoms with E-state index in [1.165, 1.54) is 12.8 Å². The number of rotatable bonds is 9. The van der Waals surface area contributed by atoms with Crippen LogP contribution in [0.4, 0.5) is 0 Å². The molecule has 0 atom stereocenters. The van der Waals surface area contributed by atoms with Crippen molar-refractivity contribution in [1.82, 2.24) is 10.6 Å². The first kappa shape index (κ1) is 21.9. The van der Waals surface area contributed by atoms with Crippen LogP contribution in [0.3, 0.4) is 0 Å². The van der Waals surface area contributed by atoms with Crippen LogP contribution in [-0.4, -0.2) is 40.9 Å². The van der Waals surface area contributed by atoms with Gasteiger partial charge in [-0.15, -0.1) is 0 Å². The molecule has 0 spiro atoms. The molecule has 26 heavy (non-hydrogen) atoms. The third kappa shape index (κ3) is 7.42. The van der Waals surface area contributed by atoms with E-state index in [9.17, 15) is 0 Å². The summed E-state index contributed by atoms with van der Waals surface area (Å²) in [6, 6.07) is 3.87. The zero-order chi connectivity index (χ0) is 19.6. The van der Waals surface area contributed by atoms with E-state index in [1.807, 2.05) is 12.1 Å². The highest BCUT2D eigenvalue weighted by atomic mass is 16.5. The Bertz CT molecular complexity index is 555. The highest BCUT2D eigenvalue weighted by Gasteiger charge is 2.13. The molecule has 0 bridgehead atoms. The second-order valence-corrected chi connectivity index (χ2v) is 7.40. The Morgan fingerprint density at radius 1 is 0.962 bits per heavy atom. The SMILES string of the molecule is CN=C(NCCCCC(C)(C)C)NCc1cc(OC)c(OC)c(OC)c1. The first-order valence-electron chi connectivity index (χ1n) is 9.08. The summed E-state index contributed by atoms with van der Waals surface area (Å²) in [5, 5.41) is 6.68. The molecule has 0 fully saturated rings. The van der Waals surface area contributed by atoms with E-state index in [1.54, 1.807) is 28.4 Å². The fraction of sp³-hybridized carbons (Fsp3) is 0.650. The summed E-state index contributed by atoms with van der Waals surface area (Å²) < 4.78 is 16.1. The van der Waals surface area contributed by atoms with E-state index in [0.717, 1.165) is 24.5 Å². The fourth-order valence-corrected chi connectivity index (χ4v) is 2.63. The summed E-state index contributed by atoms with van der Waals surface area (Å²) in [6.45, 7) is 8.35. The number of hydrogen-bond donors (Lipinski definition) is 2. The Morgan fingerprint density at radius 3 is 2.04 bits per heavy atom. The molecule has 0 saturated heterocycles. The largest absolute Gasteiger partial charge is 0.493 e. The second kappa shape index (κ2) is 10.8. The highest BCUT2D eigenvalue weighted by Crippen LogP contribution is 2.38. The molecule has 0 radical (unpaired) electrons. The third-order valence-electron chi connectivity index (χ3n) is 4.05. The normalized spacial score (nSPS) is 11.9. The third-order valence-corrected chi connectivity index (χ3v) is 4.05. The average molecular weight is 366 g/mol. The predicted octanol–water partition coefficient (Wildman–Crippen LogP) is 3.59. The van der Waals surface area contributed by atoms with Gasteiger partial charge in [0.15, 0.2) is 17.5 Å². The minimum atomic E-state index is 0.395. The number of nitrogens with zero attached hydrogens (tertiary/aromatic N) is 1. The molecule has 0 aromatic heterocycles. The number of guanidine groups is 1. The number of aliphatic imine (C=N–C) groups is 1. The summed E-state index contributed by atoms with van der Waals surface area (Å²) in [5.74, 6) is 2.68. The molecule has 1 aromatic carbocycles. The van der Waals surface area contributed by atoms with Gasteiger partial charge in [0.1, 0.15) is 0 Å². The standard InChI is InChI=1S/C20H35N3O3/c1-20(2,3)10-8-9-11-22-19(21-4)23-14-15-12-16(24-5)18(26-7)17(13-15)25-6/h12-13H,8-11,14H2,1-7H3,(H2,21,22,23). The van der Waals surface area contributed by atoms with Crippen LogP contribution >= 0.6 is 0 Å². The van der Waals surface area contributed by atoms with Crippen molar-refractivity contribution in [2.24, 2.45) is 10.4 Å². The van der Waals surface area contributed by atoms with E-state index in [-0.39, 0.29) is 0 Å². The van der Waals surface area contributed by atoms with Gasteiger partial charge in [-0.2, -0.15) is 0 Å². The number of unbranched alkanes of at least 4 members (excludes halogenated alkanes) is 1. The lowest BCUT2D eigenvalue weighted by Gasteiger charge is -2.18. The molecule has 0 aliphatic carbocycles. The molecule has 1 aromatic rings. The van der Waals surface area contributed by atoms with Gasteiger partial charge in [0.2, 0.25) is 5.75 Å². The minimum Gasteiger partial charge on any atom is -0.493 e. The summed E-state index contributed by atoms with van der Waals surface area (Å²) in [6.07, 6.45) is 3.56. The van der Waals surface area contributed by atoms with Gasteiger partial charge < -0.3 is 24.8 Å². The fourth-order valence-electron chi connectivity index (χ4n) is 2.63. The van der Waals surface area contributed by atoms with Gasteiger partial charge in [-0.1, -0.05) is 27.2 Å². The van der Waals surface area contributed by atoms with Gasteiger partial charge in [-0.05, 0) is 36.0 Å². The molecule has 1 rings (SSSR count). The molecule has 2 N–H and O–H groups in total. The molecule has 0 unspecified atom stereocenters. The van der Waals surface area contributed by atoms with Gasteiger partial charge in [0.05, 0.1) is 21.3 Å². The van der Waals surface area contributed by atoms with Gasteiger partial charge in [0, 0.05) is 20.1 Å². The monoisotopic (exact) mass is 365 g/mol. The van der Waals surface area contributed by atoms with Gasteiger partial charge in [-0.3, -0.25) is 4.99 Å². The lowest BCUT2D eigenvalue weighted by Crippen LogP contribution is -2.37. The van der Waals surface area contributed by atoms with Crippen molar-refractivity contribution in [3.8, 4) is 17.2 Å². The molecular formula is C20H35N3O3. The number of nitrogens with one attached hydrogen (secondary N) is 2. The molecule has 0 amide bonds. The Morgan fingerprint density at radius 2 is 1.58 bits per heavy atom. The second-order valence-electron chi connectivity index (χ2n) is 7.40. The number of hydrogen-bond acceptors (Lipinski definition) is 4. The number of benzene rings is 1. The van der Waals surface area contributed by atoms with Gasteiger partial charge in [-0.25, -0.2) is 0 Å². The van der Waals surface area contributed by atoms with Crippen LogP contribution in [0.25, 0.3) is 0 Å². The van der Waals surface area contributed by atoms with E-state index < -0.39 is 0 Å². The Kier molecular flexibility index (Phi) is 9.10. The number of ether oxygens (including phenoxy) is 3. The van der Waals surface area contributed by atoms with Crippen LogP contribution in [0.15, 0.2) is 17.1 Å². The molecule has 148 valence electrons. The minimum absolute atomic E-state index is 0.395. The predicted molar refractivity (Wildman–Crippen MR) is 108 cm³/mol. The van der Waals surface area contributed by atoms with Crippen LogP contribution < -0.4 is 24.8 Å². The summed E-state index contributed by atoms with van der Waals surface area (Å²) >= 11 is 0. The molecule has 6 heteroatoms. The quantitative estimate of drug-likeness (QED) is 0.398. The maximum Gasteiger partial charge on any atom is 0.203 e. The lowest BCUT2D eigenvalue weighted by atomic mass is 9.90. The average Bonchev–Trinajstić information content (AvgIpc) is 2.61. The van der Waals surface area contributed by atoms with Crippen molar-refractivity contribution in [3.05, 3.63) is 17.7 Å². The van der Waals surface area contributed by atoms with Gasteiger partial charge >= 0.3 is 0 Å². The first-order chi connectivity index (χ1) is 12.3. The molecular weight excluding hydrogens is 330 g/mol. The van der Waals surface area contributed by atoms with Crippen molar-refractivity contribution in [2.45, 2.75) is 46.6 Å². The van der Waals surface area contributed by atoms with E-state index in [4.69, 9.17) is 14.2 Å². The van der Waals surface area contributed by atoms with Crippen molar-refractivity contribution in [2.75, 3.05) is 34.9 Å². The zero-order valence-electron chi connectivity index (χ0n) is 17.4. The van der Waals surface area contributed by atoms with E-state index in [2.05, 4.69) is 36.4 Å². The van der Waals surface area contributed by atoms with Crippen LogP contribution in [0, 0.1) is 5.41 Å². The van der Waals surface area contributed by atoms with Gasteiger partial charge in [0.25, 0.3) is 0 Å².